The predicted molar refractivity (Wildman–Crippen MR) is 143 cm³/mol. The van der Waals surface area contributed by atoms with Gasteiger partial charge in [-0.05, 0) is 81.5 Å². The number of aliphatic hydroxyl groups excluding tert-OH is 1. The standard InChI is InChI=1S/C30H37FN4O3/c31-25-9-3-21(22-4-10-26(32-20-22)28(37)34-14-1-2-15-34)19-27(25)33-16-11-30(12-17-33)13-18-35(29(30)38)23-5-7-24(36)8-6-23/h3-4,9-10,19-20,23-24,36H,1-2,5-8,11-18H2. The second-order valence-electron chi connectivity index (χ2n) is 11.6. The molecule has 0 radical (unpaired) electrons. The van der Waals surface area contributed by atoms with Gasteiger partial charge in [-0.2, -0.15) is 0 Å². The second kappa shape index (κ2) is 10.3. The van der Waals surface area contributed by atoms with Crippen LogP contribution in [0, 0.1) is 11.2 Å². The van der Waals surface area contributed by atoms with Crippen molar-refractivity contribution in [3.05, 3.63) is 48.0 Å². The Morgan fingerprint density at radius 2 is 1.61 bits per heavy atom. The van der Waals surface area contributed by atoms with Gasteiger partial charge < -0.3 is 19.8 Å². The van der Waals surface area contributed by atoms with Crippen LogP contribution in [-0.2, 0) is 4.79 Å². The number of benzene rings is 1. The zero-order valence-electron chi connectivity index (χ0n) is 21.9. The fourth-order valence-corrected chi connectivity index (χ4v) is 6.91. The van der Waals surface area contributed by atoms with E-state index < -0.39 is 0 Å². The van der Waals surface area contributed by atoms with E-state index in [1.165, 1.54) is 6.07 Å². The first kappa shape index (κ1) is 25.3. The van der Waals surface area contributed by atoms with Gasteiger partial charge in [-0.1, -0.05) is 12.1 Å². The van der Waals surface area contributed by atoms with Gasteiger partial charge in [0.05, 0.1) is 17.2 Å². The van der Waals surface area contributed by atoms with Crippen LogP contribution in [0.3, 0.4) is 0 Å². The van der Waals surface area contributed by atoms with Gasteiger partial charge in [0.2, 0.25) is 5.91 Å². The monoisotopic (exact) mass is 520 g/mol. The van der Waals surface area contributed by atoms with Gasteiger partial charge in [0, 0.05) is 50.5 Å². The third-order valence-corrected chi connectivity index (χ3v) is 9.37. The van der Waals surface area contributed by atoms with E-state index >= 15 is 0 Å². The van der Waals surface area contributed by atoms with Crippen molar-refractivity contribution in [2.45, 2.75) is 69.9 Å². The third-order valence-electron chi connectivity index (χ3n) is 9.37. The molecular formula is C30H37FN4O3. The zero-order chi connectivity index (χ0) is 26.3. The molecule has 1 saturated carbocycles. The fraction of sp³-hybridized carbons (Fsp3) is 0.567. The van der Waals surface area contributed by atoms with E-state index in [1.807, 2.05) is 17.0 Å². The van der Waals surface area contributed by atoms with Crippen LogP contribution in [0.25, 0.3) is 11.1 Å². The Balaban J connectivity index is 1.12. The first-order valence-electron chi connectivity index (χ1n) is 14.2. The number of carbonyl (C=O) groups excluding carboxylic acids is 2. The number of halogens is 1. The molecule has 4 fully saturated rings. The van der Waals surface area contributed by atoms with Crippen LogP contribution in [-0.4, -0.2) is 76.6 Å². The first-order valence-corrected chi connectivity index (χ1v) is 14.2. The van der Waals surface area contributed by atoms with E-state index in [4.69, 9.17) is 0 Å². The average Bonchev–Trinajstić information content (AvgIpc) is 3.59. The van der Waals surface area contributed by atoms with E-state index in [0.717, 1.165) is 88.5 Å². The quantitative estimate of drug-likeness (QED) is 0.653. The number of anilines is 1. The minimum absolute atomic E-state index is 0.0304. The van der Waals surface area contributed by atoms with E-state index in [2.05, 4.69) is 14.8 Å². The van der Waals surface area contributed by atoms with Crippen molar-refractivity contribution >= 4 is 17.5 Å². The summed E-state index contributed by atoms with van der Waals surface area (Å²) in [6.45, 7) is 3.66. The summed E-state index contributed by atoms with van der Waals surface area (Å²) >= 11 is 0. The summed E-state index contributed by atoms with van der Waals surface area (Å²) in [4.78, 5) is 36.5. The lowest BCUT2D eigenvalue weighted by Gasteiger charge is -2.40. The van der Waals surface area contributed by atoms with Crippen LogP contribution in [0.2, 0.25) is 0 Å². The molecule has 1 N–H and O–H groups in total. The van der Waals surface area contributed by atoms with Crippen molar-refractivity contribution in [1.82, 2.24) is 14.8 Å². The summed E-state index contributed by atoms with van der Waals surface area (Å²) in [6, 6.07) is 9.01. The van der Waals surface area contributed by atoms with Crippen molar-refractivity contribution in [3.63, 3.8) is 0 Å². The number of aliphatic hydroxyl groups is 1. The molecule has 3 saturated heterocycles. The molecule has 6 rings (SSSR count). The van der Waals surface area contributed by atoms with Gasteiger partial charge in [-0.15, -0.1) is 0 Å². The van der Waals surface area contributed by atoms with Gasteiger partial charge in [0.1, 0.15) is 11.5 Å². The number of hydrogen-bond donors (Lipinski definition) is 1. The molecule has 0 unspecified atom stereocenters. The predicted octanol–water partition coefficient (Wildman–Crippen LogP) is 4.25. The largest absolute Gasteiger partial charge is 0.393 e. The smallest absolute Gasteiger partial charge is 0.272 e. The van der Waals surface area contributed by atoms with Crippen molar-refractivity contribution in [2.75, 3.05) is 37.6 Å². The number of carbonyl (C=O) groups is 2. The molecule has 1 spiro atoms. The molecule has 38 heavy (non-hydrogen) atoms. The second-order valence-corrected chi connectivity index (χ2v) is 11.6. The summed E-state index contributed by atoms with van der Waals surface area (Å²) in [5.41, 5.74) is 2.37. The topological polar surface area (TPSA) is 77.0 Å². The van der Waals surface area contributed by atoms with E-state index in [0.29, 0.717) is 24.5 Å². The van der Waals surface area contributed by atoms with Gasteiger partial charge in [0.15, 0.2) is 0 Å². The van der Waals surface area contributed by atoms with Gasteiger partial charge in [-0.25, -0.2) is 4.39 Å². The highest BCUT2D eigenvalue weighted by atomic mass is 19.1. The SMILES string of the molecule is O=C(c1ccc(-c2ccc(F)c(N3CCC4(CC3)CCN(C3CCC(O)CC3)C4=O)c2)cn1)N1CCCC1. The minimum atomic E-state index is -0.331. The molecule has 0 bridgehead atoms. The van der Waals surface area contributed by atoms with Gasteiger partial charge in [0.25, 0.3) is 5.91 Å². The normalized spacial score (nSPS) is 25.4. The van der Waals surface area contributed by atoms with Crippen LogP contribution >= 0.6 is 0 Å². The Bertz CT molecular complexity index is 1180. The van der Waals surface area contributed by atoms with E-state index in [1.54, 1.807) is 18.3 Å². The molecule has 8 heteroatoms. The third kappa shape index (κ3) is 4.68. The Morgan fingerprint density at radius 1 is 0.921 bits per heavy atom. The molecule has 4 aliphatic rings. The zero-order valence-corrected chi connectivity index (χ0v) is 21.9. The van der Waals surface area contributed by atoms with Crippen LogP contribution in [0.4, 0.5) is 10.1 Å². The lowest BCUT2D eigenvalue weighted by Crippen LogP contribution is -2.47. The number of amides is 2. The lowest BCUT2D eigenvalue weighted by atomic mass is 9.76. The molecule has 7 nitrogen and oxygen atoms in total. The molecule has 2 aromatic rings. The Kier molecular flexibility index (Phi) is 6.84. The van der Waals surface area contributed by atoms with Crippen molar-refractivity contribution in [1.29, 1.82) is 0 Å². The van der Waals surface area contributed by atoms with Crippen LogP contribution < -0.4 is 4.90 Å². The molecule has 1 aromatic carbocycles. The van der Waals surface area contributed by atoms with E-state index in [9.17, 15) is 19.1 Å². The van der Waals surface area contributed by atoms with E-state index in [-0.39, 0.29) is 35.2 Å². The molecule has 1 aromatic heterocycles. The van der Waals surface area contributed by atoms with Crippen molar-refractivity contribution < 1.29 is 19.1 Å². The molecule has 2 amide bonds. The summed E-state index contributed by atoms with van der Waals surface area (Å²) in [6.07, 6.45) is 9.21. The first-order chi connectivity index (χ1) is 18.4. The number of pyridine rings is 1. The van der Waals surface area contributed by atoms with Crippen molar-refractivity contribution in [2.24, 2.45) is 5.41 Å². The summed E-state index contributed by atoms with van der Waals surface area (Å²) < 4.78 is 15.0. The number of rotatable bonds is 4. The lowest BCUT2D eigenvalue weighted by molar-refractivity contribution is -0.139. The van der Waals surface area contributed by atoms with Gasteiger partial charge in [-0.3, -0.25) is 14.6 Å². The van der Waals surface area contributed by atoms with Crippen LogP contribution in [0.5, 0.6) is 0 Å². The molecule has 4 heterocycles. The molecule has 202 valence electrons. The number of likely N-dealkylation sites (tertiary alicyclic amines) is 2. The molecule has 3 aliphatic heterocycles. The Morgan fingerprint density at radius 3 is 2.29 bits per heavy atom. The maximum atomic E-state index is 15.0. The maximum absolute atomic E-state index is 15.0. The highest BCUT2D eigenvalue weighted by molar-refractivity contribution is 5.92. The summed E-state index contributed by atoms with van der Waals surface area (Å²) in [5, 5.41) is 9.85. The number of aromatic nitrogens is 1. The van der Waals surface area contributed by atoms with Crippen LogP contribution in [0.1, 0.15) is 68.3 Å². The maximum Gasteiger partial charge on any atom is 0.272 e. The number of nitrogens with zero attached hydrogens (tertiary/aromatic N) is 4. The van der Waals surface area contributed by atoms with Crippen molar-refractivity contribution in [3.8, 4) is 11.1 Å². The molecular weight excluding hydrogens is 483 g/mol. The number of hydrogen-bond acceptors (Lipinski definition) is 5. The Hall–Kier alpha value is -3.00. The van der Waals surface area contributed by atoms with Crippen LogP contribution in [0.15, 0.2) is 36.5 Å². The van der Waals surface area contributed by atoms with Gasteiger partial charge >= 0.3 is 0 Å². The summed E-state index contributed by atoms with van der Waals surface area (Å²) in [7, 11) is 0. The Labute approximate surface area is 223 Å². The molecule has 0 atom stereocenters. The highest BCUT2D eigenvalue weighted by Crippen LogP contribution is 2.45. The highest BCUT2D eigenvalue weighted by Gasteiger charge is 2.50. The summed E-state index contributed by atoms with van der Waals surface area (Å²) in [5.74, 6) is -0.0294. The number of piperidine rings is 1. The molecule has 1 aliphatic carbocycles. The minimum Gasteiger partial charge on any atom is -0.393 e. The fourth-order valence-electron chi connectivity index (χ4n) is 6.91. The average molecular weight is 521 g/mol.